The molecule has 2 heterocycles. The van der Waals surface area contributed by atoms with Gasteiger partial charge in [0.05, 0.1) is 11.1 Å². The van der Waals surface area contributed by atoms with Crippen LogP contribution in [0.5, 0.6) is 0 Å². The lowest BCUT2D eigenvalue weighted by Gasteiger charge is -2.15. The Morgan fingerprint density at radius 2 is 1.40 bits per heavy atom. The van der Waals surface area contributed by atoms with Crippen LogP contribution in [0.3, 0.4) is 0 Å². The second kappa shape index (κ2) is 9.81. The minimum absolute atomic E-state index is 0.400. The molecule has 0 aliphatic heterocycles. The number of nitrogens with one attached hydrogen (secondary N) is 2. The van der Waals surface area contributed by atoms with E-state index in [9.17, 15) is 5.26 Å². The normalized spacial score (nSPS) is 10.9. The van der Waals surface area contributed by atoms with Gasteiger partial charge in [0, 0.05) is 28.5 Å². The van der Waals surface area contributed by atoms with Gasteiger partial charge in [0.1, 0.15) is 17.4 Å². The van der Waals surface area contributed by atoms with Gasteiger partial charge in [-0.1, -0.05) is 54.6 Å². The molecule has 0 atom stereocenters. The van der Waals surface area contributed by atoms with Crippen molar-refractivity contribution in [2.45, 2.75) is 6.92 Å². The first-order valence-electron chi connectivity index (χ1n) is 11.1. The average molecular weight is 456 g/mol. The van der Waals surface area contributed by atoms with E-state index in [1.165, 1.54) is 0 Å². The number of hydrogen-bond donors (Lipinski definition) is 2. The Balaban J connectivity index is 1.63. The molecule has 0 radical (unpaired) electrons. The Labute approximate surface area is 202 Å². The van der Waals surface area contributed by atoms with Crippen LogP contribution >= 0.6 is 0 Å². The number of aromatic nitrogens is 2. The van der Waals surface area contributed by atoms with Crippen LogP contribution in [0.2, 0.25) is 0 Å². The molecule has 3 aromatic carbocycles. The van der Waals surface area contributed by atoms with Gasteiger partial charge in [-0.05, 0) is 43.3 Å². The molecule has 35 heavy (non-hydrogen) atoms. The van der Waals surface area contributed by atoms with E-state index in [1.807, 2.05) is 97.9 Å². The second-order valence-corrected chi connectivity index (χ2v) is 7.80. The van der Waals surface area contributed by atoms with Gasteiger partial charge in [0.2, 0.25) is 0 Å². The van der Waals surface area contributed by atoms with E-state index in [0.717, 1.165) is 22.3 Å². The number of azo groups is 1. The molecule has 7 nitrogen and oxygen atoms in total. The van der Waals surface area contributed by atoms with E-state index in [0.29, 0.717) is 34.1 Å². The largest absolute Gasteiger partial charge is 0.339 e. The predicted octanol–water partition coefficient (Wildman–Crippen LogP) is 7.71. The molecule has 0 amide bonds. The standard InChI is InChI=1S/C28H21N7/c1-19-23(18-29)27(31-21-12-4-2-5-13-21)33-28(32-22-14-6-3-7-15-22)25(19)35-34-24-16-8-10-20-11-9-17-30-26(20)24/h2-17H,1H3,(H2,31,32,33). The van der Waals surface area contributed by atoms with Crippen LogP contribution in [0.25, 0.3) is 10.9 Å². The molecule has 0 spiro atoms. The van der Waals surface area contributed by atoms with Gasteiger partial charge in [-0.2, -0.15) is 5.26 Å². The smallest absolute Gasteiger partial charge is 0.161 e. The van der Waals surface area contributed by atoms with Crippen molar-refractivity contribution in [2.24, 2.45) is 10.2 Å². The summed E-state index contributed by atoms with van der Waals surface area (Å²) in [6, 6.07) is 31.2. The van der Waals surface area contributed by atoms with Crippen molar-refractivity contribution in [3.05, 3.63) is 108 Å². The van der Waals surface area contributed by atoms with Crippen LogP contribution in [0, 0.1) is 18.3 Å². The van der Waals surface area contributed by atoms with Crippen molar-refractivity contribution in [1.29, 1.82) is 5.26 Å². The van der Waals surface area contributed by atoms with Crippen LogP contribution < -0.4 is 10.6 Å². The van der Waals surface area contributed by atoms with E-state index < -0.39 is 0 Å². The minimum Gasteiger partial charge on any atom is -0.339 e. The molecular formula is C28H21N7. The third-order valence-corrected chi connectivity index (χ3v) is 5.47. The highest BCUT2D eigenvalue weighted by molar-refractivity contribution is 5.88. The number of para-hydroxylation sites is 3. The summed E-state index contributed by atoms with van der Waals surface area (Å²) in [4.78, 5) is 9.21. The Morgan fingerprint density at radius 3 is 2.09 bits per heavy atom. The van der Waals surface area contributed by atoms with Crippen molar-refractivity contribution < 1.29 is 0 Å². The molecule has 0 aliphatic carbocycles. The highest BCUT2D eigenvalue weighted by atomic mass is 15.2. The average Bonchev–Trinajstić information content (AvgIpc) is 2.90. The lowest BCUT2D eigenvalue weighted by Crippen LogP contribution is -2.04. The Hall–Kier alpha value is -5.09. The van der Waals surface area contributed by atoms with Crippen LogP contribution in [0.15, 0.2) is 107 Å². The Kier molecular flexibility index (Phi) is 6.09. The van der Waals surface area contributed by atoms with E-state index in [1.54, 1.807) is 6.20 Å². The maximum absolute atomic E-state index is 9.98. The zero-order valence-electron chi connectivity index (χ0n) is 19.0. The third kappa shape index (κ3) is 4.68. The van der Waals surface area contributed by atoms with Gasteiger partial charge in [-0.25, -0.2) is 4.98 Å². The van der Waals surface area contributed by atoms with Crippen LogP contribution in [-0.2, 0) is 0 Å². The number of nitriles is 1. The van der Waals surface area contributed by atoms with Gasteiger partial charge in [0.25, 0.3) is 0 Å². The summed E-state index contributed by atoms with van der Waals surface area (Å²) in [5.41, 5.74) is 4.62. The molecule has 2 N–H and O–H groups in total. The first-order valence-corrected chi connectivity index (χ1v) is 11.1. The molecular weight excluding hydrogens is 434 g/mol. The molecule has 0 saturated heterocycles. The molecule has 5 rings (SSSR count). The Bertz CT molecular complexity index is 1550. The lowest BCUT2D eigenvalue weighted by molar-refractivity contribution is 1.16. The lowest BCUT2D eigenvalue weighted by atomic mass is 10.1. The molecule has 0 unspecified atom stereocenters. The van der Waals surface area contributed by atoms with Crippen molar-refractivity contribution in [1.82, 2.24) is 9.97 Å². The number of hydrogen-bond acceptors (Lipinski definition) is 7. The fourth-order valence-electron chi connectivity index (χ4n) is 3.72. The van der Waals surface area contributed by atoms with Crippen molar-refractivity contribution in [2.75, 3.05) is 10.6 Å². The van der Waals surface area contributed by atoms with Crippen LogP contribution in [0.1, 0.15) is 11.1 Å². The SMILES string of the molecule is Cc1c(C#N)c(Nc2ccccc2)nc(Nc2ccccc2)c1N=Nc1cccc2cccnc12. The molecule has 2 aromatic heterocycles. The zero-order valence-corrected chi connectivity index (χ0v) is 19.0. The summed E-state index contributed by atoms with van der Waals surface area (Å²) in [6.07, 6.45) is 1.73. The highest BCUT2D eigenvalue weighted by Gasteiger charge is 2.18. The summed E-state index contributed by atoms with van der Waals surface area (Å²) in [7, 11) is 0. The third-order valence-electron chi connectivity index (χ3n) is 5.47. The molecule has 0 fully saturated rings. The summed E-state index contributed by atoms with van der Waals surface area (Å²) >= 11 is 0. The summed E-state index contributed by atoms with van der Waals surface area (Å²) in [5.74, 6) is 0.934. The fraction of sp³-hybridized carbons (Fsp3) is 0.0357. The van der Waals surface area contributed by atoms with Gasteiger partial charge in [0.15, 0.2) is 11.6 Å². The number of fused-ring (bicyclic) bond motifs is 1. The van der Waals surface area contributed by atoms with Crippen molar-refractivity contribution >= 4 is 45.3 Å². The van der Waals surface area contributed by atoms with Crippen molar-refractivity contribution in [3.63, 3.8) is 0 Å². The van der Waals surface area contributed by atoms with E-state index in [4.69, 9.17) is 4.98 Å². The molecule has 168 valence electrons. The predicted molar refractivity (Wildman–Crippen MR) is 139 cm³/mol. The zero-order chi connectivity index (χ0) is 24.0. The van der Waals surface area contributed by atoms with Gasteiger partial charge < -0.3 is 10.6 Å². The number of nitrogens with zero attached hydrogens (tertiary/aromatic N) is 5. The Morgan fingerprint density at radius 1 is 0.743 bits per heavy atom. The maximum Gasteiger partial charge on any atom is 0.161 e. The number of anilines is 4. The summed E-state index contributed by atoms with van der Waals surface area (Å²) in [6.45, 7) is 1.85. The van der Waals surface area contributed by atoms with E-state index >= 15 is 0 Å². The quantitative estimate of drug-likeness (QED) is 0.255. The minimum atomic E-state index is 0.400. The van der Waals surface area contributed by atoms with Crippen LogP contribution in [0.4, 0.5) is 34.4 Å². The highest BCUT2D eigenvalue weighted by Crippen LogP contribution is 2.37. The number of pyridine rings is 2. The van der Waals surface area contributed by atoms with E-state index in [-0.39, 0.29) is 0 Å². The molecule has 5 aromatic rings. The summed E-state index contributed by atoms with van der Waals surface area (Å²) < 4.78 is 0. The number of benzene rings is 3. The monoisotopic (exact) mass is 455 g/mol. The molecule has 0 bridgehead atoms. The maximum atomic E-state index is 9.98. The first kappa shape index (κ1) is 21.7. The molecule has 0 saturated carbocycles. The summed E-state index contributed by atoms with van der Waals surface area (Å²) in [5, 5.41) is 26.6. The first-order chi connectivity index (χ1) is 17.2. The second-order valence-electron chi connectivity index (χ2n) is 7.80. The number of rotatable bonds is 6. The van der Waals surface area contributed by atoms with Crippen LogP contribution in [-0.4, -0.2) is 9.97 Å². The fourth-order valence-corrected chi connectivity index (χ4v) is 3.72. The topological polar surface area (TPSA) is 98.3 Å². The molecule has 7 heteroatoms. The van der Waals surface area contributed by atoms with Gasteiger partial charge in [-0.3, -0.25) is 4.98 Å². The van der Waals surface area contributed by atoms with E-state index in [2.05, 4.69) is 31.9 Å². The van der Waals surface area contributed by atoms with Gasteiger partial charge in [-0.15, -0.1) is 10.2 Å². The van der Waals surface area contributed by atoms with Crippen molar-refractivity contribution in [3.8, 4) is 6.07 Å². The van der Waals surface area contributed by atoms with Gasteiger partial charge >= 0.3 is 0 Å². The molecule has 0 aliphatic rings.